The Balaban J connectivity index is 1.12. The number of aromatic nitrogens is 1. The van der Waals surface area contributed by atoms with Gasteiger partial charge in [-0.3, -0.25) is 0 Å². The molecule has 1 aliphatic rings. The van der Waals surface area contributed by atoms with Gasteiger partial charge in [-0.25, -0.2) is 4.98 Å². The summed E-state index contributed by atoms with van der Waals surface area (Å²) < 4.78 is 6.26. The van der Waals surface area contributed by atoms with Crippen LogP contribution in [0.5, 0.6) is 0 Å². The zero-order chi connectivity index (χ0) is 30.8. The maximum Gasteiger partial charge on any atom is 0.136 e. The third kappa shape index (κ3) is 4.14. The van der Waals surface area contributed by atoms with Gasteiger partial charge in [0.05, 0.1) is 11.4 Å². The molecule has 0 saturated carbocycles. The molecule has 0 aliphatic heterocycles. The third-order valence-corrected chi connectivity index (χ3v) is 9.70. The molecular formula is C44H31NO. The fraction of sp³-hybridized carbons (Fsp3) is 0.0682. The number of nitrogens with zero attached hydrogens (tertiary/aromatic N) is 1. The van der Waals surface area contributed by atoms with Crippen LogP contribution < -0.4 is 0 Å². The van der Waals surface area contributed by atoms with Crippen LogP contribution in [-0.2, 0) is 5.41 Å². The molecule has 46 heavy (non-hydrogen) atoms. The van der Waals surface area contributed by atoms with Crippen LogP contribution in [0.15, 0.2) is 156 Å². The maximum absolute atomic E-state index is 6.26. The number of para-hydroxylation sites is 1. The standard InChI is InChI=1S/C44H31NO/c1-44(2)36-23-24-41-43(35-15-9-10-16-40(35)46-41)42(36)34-22-21-32(25-37(34)44)28-17-19-29(20-18-28)33-26-38(30-11-5-3-6-12-30)45-39(27-33)31-13-7-4-8-14-31/h3-27H,1-2H3. The van der Waals surface area contributed by atoms with E-state index in [0.717, 1.165) is 39.2 Å². The van der Waals surface area contributed by atoms with Gasteiger partial charge in [-0.15, -0.1) is 0 Å². The number of furan rings is 1. The first-order valence-electron chi connectivity index (χ1n) is 15.9. The fourth-order valence-corrected chi connectivity index (χ4v) is 7.29. The molecule has 2 aromatic heterocycles. The van der Waals surface area contributed by atoms with Crippen LogP contribution in [0.2, 0.25) is 0 Å². The zero-order valence-electron chi connectivity index (χ0n) is 25.8. The smallest absolute Gasteiger partial charge is 0.136 e. The fourth-order valence-electron chi connectivity index (χ4n) is 7.29. The lowest BCUT2D eigenvalue weighted by atomic mass is 9.81. The average Bonchev–Trinajstić information content (AvgIpc) is 3.60. The number of fused-ring (bicyclic) bond motifs is 7. The summed E-state index contributed by atoms with van der Waals surface area (Å²) in [5.74, 6) is 0. The van der Waals surface area contributed by atoms with Gasteiger partial charge in [-0.2, -0.15) is 0 Å². The zero-order valence-corrected chi connectivity index (χ0v) is 25.8. The number of rotatable bonds is 4. The van der Waals surface area contributed by atoms with Gasteiger partial charge in [0.1, 0.15) is 11.2 Å². The lowest BCUT2D eigenvalue weighted by molar-refractivity contribution is 0.657. The monoisotopic (exact) mass is 589 g/mol. The van der Waals surface area contributed by atoms with Crippen molar-refractivity contribution in [3.63, 3.8) is 0 Å². The Morgan fingerprint density at radius 3 is 1.72 bits per heavy atom. The van der Waals surface area contributed by atoms with Gasteiger partial charge in [0.15, 0.2) is 0 Å². The Bertz CT molecular complexity index is 2360. The van der Waals surface area contributed by atoms with Crippen LogP contribution in [-0.4, -0.2) is 4.98 Å². The van der Waals surface area contributed by atoms with E-state index in [0.29, 0.717) is 0 Å². The minimum Gasteiger partial charge on any atom is -0.456 e. The predicted octanol–water partition coefficient (Wildman–Crippen LogP) is 12.0. The molecule has 8 aromatic rings. The van der Waals surface area contributed by atoms with Gasteiger partial charge < -0.3 is 4.42 Å². The molecule has 1 aliphatic carbocycles. The lowest BCUT2D eigenvalue weighted by Gasteiger charge is -2.22. The van der Waals surface area contributed by atoms with Crippen molar-refractivity contribution in [1.82, 2.24) is 4.98 Å². The van der Waals surface area contributed by atoms with Crippen molar-refractivity contribution in [2.24, 2.45) is 0 Å². The summed E-state index contributed by atoms with van der Waals surface area (Å²) in [6, 6.07) is 54.0. The Morgan fingerprint density at radius 1 is 0.457 bits per heavy atom. The summed E-state index contributed by atoms with van der Waals surface area (Å²) in [6.45, 7) is 4.69. The Morgan fingerprint density at radius 2 is 1.04 bits per heavy atom. The largest absolute Gasteiger partial charge is 0.456 e. The molecule has 218 valence electrons. The van der Waals surface area contributed by atoms with E-state index in [1.807, 2.05) is 18.2 Å². The third-order valence-electron chi connectivity index (χ3n) is 9.70. The van der Waals surface area contributed by atoms with Crippen molar-refractivity contribution in [3.05, 3.63) is 163 Å². The van der Waals surface area contributed by atoms with E-state index in [4.69, 9.17) is 9.40 Å². The highest BCUT2D eigenvalue weighted by Gasteiger charge is 2.37. The van der Waals surface area contributed by atoms with Crippen molar-refractivity contribution < 1.29 is 4.42 Å². The summed E-state index contributed by atoms with van der Waals surface area (Å²) in [6.07, 6.45) is 0. The Labute approximate surface area is 268 Å². The number of benzene rings is 6. The van der Waals surface area contributed by atoms with E-state index in [-0.39, 0.29) is 5.41 Å². The molecule has 0 saturated heterocycles. The van der Waals surface area contributed by atoms with Crippen LogP contribution in [0.25, 0.3) is 77.8 Å². The molecule has 0 spiro atoms. The number of hydrogen-bond donors (Lipinski definition) is 0. The highest BCUT2D eigenvalue weighted by atomic mass is 16.3. The summed E-state index contributed by atoms with van der Waals surface area (Å²) in [7, 11) is 0. The van der Waals surface area contributed by atoms with Gasteiger partial charge in [-0.05, 0) is 74.8 Å². The van der Waals surface area contributed by atoms with Crippen molar-refractivity contribution >= 4 is 21.9 Å². The van der Waals surface area contributed by atoms with Gasteiger partial charge in [0.2, 0.25) is 0 Å². The van der Waals surface area contributed by atoms with E-state index < -0.39 is 0 Å². The molecule has 0 N–H and O–H groups in total. The second-order valence-corrected chi connectivity index (χ2v) is 12.8. The second-order valence-electron chi connectivity index (χ2n) is 12.8. The Hall–Kier alpha value is -5.73. The van der Waals surface area contributed by atoms with Crippen LogP contribution >= 0.6 is 0 Å². The molecule has 0 amide bonds. The molecule has 0 bridgehead atoms. The van der Waals surface area contributed by atoms with Crippen LogP contribution in [0.4, 0.5) is 0 Å². The minimum absolute atomic E-state index is 0.119. The summed E-state index contributed by atoms with van der Waals surface area (Å²) >= 11 is 0. The quantitative estimate of drug-likeness (QED) is 0.204. The number of pyridine rings is 1. The molecule has 2 nitrogen and oxygen atoms in total. The van der Waals surface area contributed by atoms with E-state index in [9.17, 15) is 0 Å². The first-order chi connectivity index (χ1) is 22.5. The van der Waals surface area contributed by atoms with E-state index in [1.165, 1.54) is 49.7 Å². The molecule has 9 rings (SSSR count). The van der Waals surface area contributed by atoms with E-state index in [2.05, 4.69) is 147 Å². The van der Waals surface area contributed by atoms with E-state index in [1.54, 1.807) is 0 Å². The second kappa shape index (κ2) is 10.2. The predicted molar refractivity (Wildman–Crippen MR) is 191 cm³/mol. The van der Waals surface area contributed by atoms with E-state index >= 15 is 0 Å². The first-order valence-corrected chi connectivity index (χ1v) is 15.9. The maximum atomic E-state index is 6.26. The highest BCUT2D eigenvalue weighted by Crippen LogP contribution is 2.53. The summed E-state index contributed by atoms with van der Waals surface area (Å²) in [5, 5.41) is 2.40. The van der Waals surface area contributed by atoms with Crippen molar-refractivity contribution in [2.45, 2.75) is 19.3 Å². The normalized spacial score (nSPS) is 13.2. The van der Waals surface area contributed by atoms with Crippen molar-refractivity contribution in [2.75, 3.05) is 0 Å². The average molecular weight is 590 g/mol. The van der Waals surface area contributed by atoms with Gasteiger partial charge in [0.25, 0.3) is 0 Å². The molecule has 0 radical (unpaired) electrons. The van der Waals surface area contributed by atoms with Crippen molar-refractivity contribution in [1.29, 1.82) is 0 Å². The van der Waals surface area contributed by atoms with Gasteiger partial charge in [0, 0.05) is 27.3 Å². The summed E-state index contributed by atoms with van der Waals surface area (Å²) in [5.41, 5.74) is 16.0. The minimum atomic E-state index is -0.119. The SMILES string of the molecule is CC1(C)c2cc(-c3ccc(-c4cc(-c5ccccc5)nc(-c5ccccc5)c4)cc3)ccc2-c2c1ccc1oc3ccccc3c21. The van der Waals surface area contributed by atoms with Gasteiger partial charge >= 0.3 is 0 Å². The van der Waals surface area contributed by atoms with Crippen LogP contribution in [0, 0.1) is 0 Å². The Kier molecular flexibility index (Phi) is 5.88. The van der Waals surface area contributed by atoms with Crippen LogP contribution in [0.1, 0.15) is 25.0 Å². The molecule has 2 heterocycles. The van der Waals surface area contributed by atoms with Crippen molar-refractivity contribution in [3.8, 4) is 55.9 Å². The molecule has 0 fully saturated rings. The molecule has 0 unspecified atom stereocenters. The molecule has 6 aromatic carbocycles. The topological polar surface area (TPSA) is 26.0 Å². The highest BCUT2D eigenvalue weighted by molar-refractivity contribution is 6.15. The first kappa shape index (κ1) is 26.7. The lowest BCUT2D eigenvalue weighted by Crippen LogP contribution is -2.14. The molecule has 0 atom stereocenters. The molecular weight excluding hydrogens is 558 g/mol. The summed E-state index contributed by atoms with van der Waals surface area (Å²) in [4.78, 5) is 5.05. The molecule has 2 heteroatoms. The van der Waals surface area contributed by atoms with Gasteiger partial charge in [-0.1, -0.05) is 135 Å². The number of hydrogen-bond acceptors (Lipinski definition) is 2. The van der Waals surface area contributed by atoms with Crippen LogP contribution in [0.3, 0.4) is 0 Å².